The molecular formula is C8H10N4O. The van der Waals surface area contributed by atoms with Gasteiger partial charge in [0.15, 0.2) is 11.5 Å². The average molecular weight is 178 g/mol. The van der Waals surface area contributed by atoms with Crippen LogP contribution in [0, 0.1) is 0 Å². The summed E-state index contributed by atoms with van der Waals surface area (Å²) in [4.78, 5) is 4.13. The van der Waals surface area contributed by atoms with Crippen LogP contribution in [-0.4, -0.2) is 26.5 Å². The van der Waals surface area contributed by atoms with Crippen molar-refractivity contribution in [2.45, 2.75) is 6.54 Å². The fraction of sp³-hybridized carbons (Fsp3) is 0.250. The molecule has 0 bridgehead atoms. The Morgan fingerprint density at radius 3 is 3.15 bits per heavy atom. The Labute approximate surface area is 74.8 Å². The minimum Gasteiger partial charge on any atom is -0.394 e. The second-order valence-electron chi connectivity index (χ2n) is 2.71. The van der Waals surface area contributed by atoms with Crippen LogP contribution in [-0.2, 0) is 6.54 Å². The highest BCUT2D eigenvalue weighted by molar-refractivity contribution is 5.85. The average Bonchev–Trinajstić information content (AvgIpc) is 2.46. The van der Waals surface area contributed by atoms with Crippen molar-refractivity contribution in [3.8, 4) is 0 Å². The summed E-state index contributed by atoms with van der Waals surface area (Å²) >= 11 is 0. The molecule has 3 N–H and O–H groups in total. The molecule has 0 unspecified atom stereocenters. The van der Waals surface area contributed by atoms with Crippen LogP contribution in [0.4, 0.5) is 5.82 Å². The van der Waals surface area contributed by atoms with Crippen LogP contribution in [0.3, 0.4) is 0 Å². The first-order chi connectivity index (χ1) is 6.33. The van der Waals surface area contributed by atoms with Gasteiger partial charge in [-0.2, -0.15) is 5.10 Å². The van der Waals surface area contributed by atoms with Gasteiger partial charge in [0.05, 0.1) is 18.5 Å². The number of nitrogen functional groups attached to an aromatic ring is 1. The van der Waals surface area contributed by atoms with Crippen molar-refractivity contribution in [1.29, 1.82) is 0 Å². The summed E-state index contributed by atoms with van der Waals surface area (Å²) < 4.78 is 1.60. The van der Waals surface area contributed by atoms with Gasteiger partial charge >= 0.3 is 0 Å². The number of aliphatic hydroxyl groups excluding tert-OH is 1. The van der Waals surface area contributed by atoms with Gasteiger partial charge in [-0.05, 0) is 12.1 Å². The predicted molar refractivity (Wildman–Crippen MR) is 49.0 cm³/mol. The first kappa shape index (κ1) is 8.00. The minimum atomic E-state index is 0.0345. The van der Waals surface area contributed by atoms with E-state index in [1.807, 2.05) is 12.1 Å². The molecule has 68 valence electrons. The molecule has 0 amide bonds. The van der Waals surface area contributed by atoms with Gasteiger partial charge < -0.3 is 10.8 Å². The van der Waals surface area contributed by atoms with Crippen molar-refractivity contribution in [1.82, 2.24) is 14.8 Å². The molecule has 2 rings (SSSR count). The molecule has 0 saturated heterocycles. The molecule has 0 aliphatic carbocycles. The van der Waals surface area contributed by atoms with Crippen LogP contribution in [0.1, 0.15) is 0 Å². The zero-order valence-electron chi connectivity index (χ0n) is 7.01. The molecule has 0 spiro atoms. The number of pyridine rings is 1. The number of anilines is 1. The predicted octanol–water partition coefficient (Wildman–Crippen LogP) is 0.00580. The highest BCUT2D eigenvalue weighted by atomic mass is 16.3. The monoisotopic (exact) mass is 178 g/mol. The number of hydrogen-bond acceptors (Lipinski definition) is 4. The van der Waals surface area contributed by atoms with Crippen LogP contribution >= 0.6 is 0 Å². The number of fused-ring (bicyclic) bond motifs is 1. The Bertz CT molecular complexity index is 423. The number of nitrogens with zero attached hydrogens (tertiary/aromatic N) is 3. The number of hydrogen-bond donors (Lipinski definition) is 2. The van der Waals surface area contributed by atoms with E-state index in [0.717, 1.165) is 5.39 Å². The maximum absolute atomic E-state index is 8.76. The fourth-order valence-electron chi connectivity index (χ4n) is 1.28. The molecule has 5 nitrogen and oxygen atoms in total. The van der Waals surface area contributed by atoms with Gasteiger partial charge in [0.2, 0.25) is 0 Å². The largest absolute Gasteiger partial charge is 0.394 e. The Morgan fingerprint density at radius 1 is 1.54 bits per heavy atom. The third kappa shape index (κ3) is 1.23. The lowest BCUT2D eigenvalue weighted by molar-refractivity contribution is 0.271. The molecule has 0 fully saturated rings. The number of aromatic nitrogens is 3. The molecule has 0 radical (unpaired) electrons. The van der Waals surface area contributed by atoms with Crippen LogP contribution in [0.15, 0.2) is 18.3 Å². The van der Waals surface area contributed by atoms with Gasteiger partial charge in [0.1, 0.15) is 0 Å². The van der Waals surface area contributed by atoms with E-state index in [4.69, 9.17) is 10.8 Å². The van der Waals surface area contributed by atoms with E-state index in [1.54, 1.807) is 10.9 Å². The third-order valence-electron chi connectivity index (χ3n) is 1.85. The molecule has 2 heterocycles. The van der Waals surface area contributed by atoms with Crippen LogP contribution in [0.25, 0.3) is 11.0 Å². The molecule has 0 aromatic carbocycles. The second-order valence-corrected chi connectivity index (χ2v) is 2.71. The molecule has 0 aliphatic heterocycles. The Kier molecular flexibility index (Phi) is 1.86. The van der Waals surface area contributed by atoms with Gasteiger partial charge in [-0.1, -0.05) is 0 Å². The lowest BCUT2D eigenvalue weighted by atomic mass is 10.3. The molecule has 5 heteroatoms. The van der Waals surface area contributed by atoms with E-state index in [2.05, 4.69) is 10.1 Å². The maximum atomic E-state index is 8.76. The van der Waals surface area contributed by atoms with Gasteiger partial charge in [-0.3, -0.25) is 0 Å². The van der Waals surface area contributed by atoms with E-state index in [-0.39, 0.29) is 6.61 Å². The van der Waals surface area contributed by atoms with Crippen molar-refractivity contribution < 1.29 is 5.11 Å². The standard InChI is InChI=1S/C8H10N4O/c9-7-6-2-1-3-10-8(6)12(11-7)4-5-13/h1-3,13H,4-5H2,(H2,9,11). The second kappa shape index (κ2) is 3.02. The molecular weight excluding hydrogens is 168 g/mol. The van der Waals surface area contributed by atoms with E-state index in [9.17, 15) is 0 Å². The first-order valence-corrected chi connectivity index (χ1v) is 4.01. The van der Waals surface area contributed by atoms with Gasteiger partial charge in [-0.25, -0.2) is 9.67 Å². The third-order valence-corrected chi connectivity index (χ3v) is 1.85. The normalized spacial score (nSPS) is 10.8. The van der Waals surface area contributed by atoms with Crippen molar-refractivity contribution >= 4 is 16.9 Å². The molecule has 0 aliphatic rings. The molecule has 0 saturated carbocycles. The Hall–Kier alpha value is -1.62. The van der Waals surface area contributed by atoms with Crippen LogP contribution in [0.2, 0.25) is 0 Å². The lowest BCUT2D eigenvalue weighted by Crippen LogP contribution is -2.04. The van der Waals surface area contributed by atoms with Crippen molar-refractivity contribution in [3.63, 3.8) is 0 Å². The summed E-state index contributed by atoms with van der Waals surface area (Å²) in [5, 5.41) is 13.6. The van der Waals surface area contributed by atoms with E-state index >= 15 is 0 Å². The summed E-state index contributed by atoms with van der Waals surface area (Å²) in [6.07, 6.45) is 1.68. The zero-order chi connectivity index (χ0) is 9.26. The molecule has 2 aromatic heterocycles. The van der Waals surface area contributed by atoms with Gasteiger partial charge in [0.25, 0.3) is 0 Å². The van der Waals surface area contributed by atoms with Gasteiger partial charge in [0, 0.05) is 6.20 Å². The quantitative estimate of drug-likeness (QED) is 0.678. The minimum absolute atomic E-state index is 0.0345. The van der Waals surface area contributed by atoms with E-state index < -0.39 is 0 Å². The van der Waals surface area contributed by atoms with Gasteiger partial charge in [-0.15, -0.1) is 0 Å². The Morgan fingerprint density at radius 2 is 2.38 bits per heavy atom. The summed E-state index contributed by atoms with van der Waals surface area (Å²) in [6.45, 7) is 0.456. The molecule has 2 aromatic rings. The summed E-state index contributed by atoms with van der Waals surface area (Å²) in [7, 11) is 0. The fourth-order valence-corrected chi connectivity index (χ4v) is 1.28. The Balaban J connectivity index is 2.63. The first-order valence-electron chi connectivity index (χ1n) is 4.01. The zero-order valence-corrected chi connectivity index (χ0v) is 7.01. The van der Waals surface area contributed by atoms with E-state index in [0.29, 0.717) is 18.0 Å². The molecule has 13 heavy (non-hydrogen) atoms. The van der Waals surface area contributed by atoms with Crippen LogP contribution in [0.5, 0.6) is 0 Å². The SMILES string of the molecule is Nc1nn(CCO)c2ncccc12. The van der Waals surface area contributed by atoms with Crippen molar-refractivity contribution in [3.05, 3.63) is 18.3 Å². The highest BCUT2D eigenvalue weighted by Gasteiger charge is 2.06. The summed E-state index contributed by atoms with van der Waals surface area (Å²) in [5.41, 5.74) is 6.37. The van der Waals surface area contributed by atoms with Crippen molar-refractivity contribution in [2.75, 3.05) is 12.3 Å². The summed E-state index contributed by atoms with van der Waals surface area (Å²) in [6, 6.07) is 3.67. The van der Waals surface area contributed by atoms with Crippen LogP contribution < -0.4 is 5.73 Å². The van der Waals surface area contributed by atoms with Crippen molar-refractivity contribution in [2.24, 2.45) is 0 Å². The topological polar surface area (TPSA) is 77.0 Å². The smallest absolute Gasteiger partial charge is 0.160 e. The number of nitrogens with two attached hydrogens (primary N) is 1. The number of aliphatic hydroxyl groups is 1. The number of rotatable bonds is 2. The maximum Gasteiger partial charge on any atom is 0.160 e. The van der Waals surface area contributed by atoms with E-state index in [1.165, 1.54) is 0 Å². The molecule has 0 atom stereocenters. The summed E-state index contributed by atoms with van der Waals surface area (Å²) in [5.74, 6) is 0.455. The highest BCUT2D eigenvalue weighted by Crippen LogP contribution is 2.16. The lowest BCUT2D eigenvalue weighted by Gasteiger charge is -1.96.